The number of rotatable bonds is 4. The van der Waals surface area contributed by atoms with E-state index in [0.29, 0.717) is 26.4 Å². The van der Waals surface area contributed by atoms with Crippen molar-refractivity contribution < 1.29 is 9.18 Å². The highest BCUT2D eigenvalue weighted by molar-refractivity contribution is 9.10. The van der Waals surface area contributed by atoms with E-state index in [1.165, 1.54) is 6.07 Å². The van der Waals surface area contributed by atoms with E-state index in [4.69, 9.17) is 11.6 Å². The molecule has 0 fully saturated rings. The van der Waals surface area contributed by atoms with Crippen molar-refractivity contribution in [2.75, 3.05) is 5.32 Å². The van der Waals surface area contributed by atoms with Crippen LogP contribution < -0.4 is 5.32 Å². The molecular formula is C17H12BrClFN3O. The number of nitrogens with zero attached hydrogens (tertiary/aromatic N) is 2. The number of carbonyl (C=O) groups excluding carboxylic acids is 1. The van der Waals surface area contributed by atoms with Gasteiger partial charge in [-0.05, 0) is 34.1 Å². The maximum Gasteiger partial charge on any atom is 0.258 e. The fourth-order valence-electron chi connectivity index (χ4n) is 2.18. The molecule has 1 aromatic heterocycles. The third-order valence-corrected chi connectivity index (χ3v) is 4.27. The minimum atomic E-state index is -0.363. The molecular weight excluding hydrogens is 397 g/mol. The Morgan fingerprint density at radius 1 is 1.21 bits per heavy atom. The van der Waals surface area contributed by atoms with Crippen molar-refractivity contribution in [3.8, 4) is 0 Å². The zero-order chi connectivity index (χ0) is 17.1. The number of hydrogen-bond donors (Lipinski definition) is 1. The Morgan fingerprint density at radius 2 is 1.92 bits per heavy atom. The Morgan fingerprint density at radius 3 is 2.67 bits per heavy atom. The largest absolute Gasteiger partial charge is 0.304 e. The maximum absolute atomic E-state index is 13.7. The molecule has 0 radical (unpaired) electrons. The van der Waals surface area contributed by atoms with Crippen molar-refractivity contribution in [1.29, 1.82) is 0 Å². The molecule has 24 heavy (non-hydrogen) atoms. The van der Waals surface area contributed by atoms with Gasteiger partial charge in [0.2, 0.25) is 0 Å². The lowest BCUT2D eigenvalue weighted by molar-refractivity contribution is 0.102. The van der Waals surface area contributed by atoms with E-state index >= 15 is 0 Å². The smallest absolute Gasteiger partial charge is 0.258 e. The molecule has 0 saturated carbocycles. The van der Waals surface area contributed by atoms with E-state index < -0.39 is 0 Å². The lowest BCUT2D eigenvalue weighted by Gasteiger charge is -2.05. The number of halogens is 3. The fraction of sp³-hybridized carbons (Fsp3) is 0.0588. The summed E-state index contributed by atoms with van der Waals surface area (Å²) < 4.78 is 15.9. The van der Waals surface area contributed by atoms with E-state index in [1.54, 1.807) is 53.3 Å². The van der Waals surface area contributed by atoms with Crippen LogP contribution in [0.25, 0.3) is 0 Å². The van der Waals surface area contributed by atoms with Gasteiger partial charge in [0.1, 0.15) is 5.82 Å². The van der Waals surface area contributed by atoms with Crippen molar-refractivity contribution in [2.24, 2.45) is 0 Å². The standard InChI is InChI=1S/C17H12BrClFN3O/c18-13-10-23(9-11-5-1-4-8-15(11)20)22-16(13)21-17(24)12-6-2-3-7-14(12)19/h1-8,10H,9H2,(H,21,22,24). The Balaban J connectivity index is 1.78. The second-order valence-corrected chi connectivity index (χ2v) is 6.31. The lowest BCUT2D eigenvalue weighted by Crippen LogP contribution is -2.13. The van der Waals surface area contributed by atoms with Crippen molar-refractivity contribution >= 4 is 39.3 Å². The second kappa shape index (κ2) is 7.15. The molecule has 0 aliphatic heterocycles. The highest BCUT2D eigenvalue weighted by atomic mass is 79.9. The fourth-order valence-corrected chi connectivity index (χ4v) is 2.82. The van der Waals surface area contributed by atoms with Crippen LogP contribution in [0.2, 0.25) is 5.02 Å². The molecule has 1 N–H and O–H groups in total. The van der Waals surface area contributed by atoms with Crippen LogP contribution in [-0.2, 0) is 6.54 Å². The van der Waals surface area contributed by atoms with Gasteiger partial charge in [0.15, 0.2) is 5.82 Å². The predicted molar refractivity (Wildman–Crippen MR) is 94.8 cm³/mol. The zero-order valence-corrected chi connectivity index (χ0v) is 14.7. The Labute approximate surface area is 151 Å². The number of hydrogen-bond acceptors (Lipinski definition) is 2. The van der Waals surface area contributed by atoms with Gasteiger partial charge in [0.05, 0.1) is 21.6 Å². The van der Waals surface area contributed by atoms with Gasteiger partial charge in [-0.1, -0.05) is 41.9 Å². The molecule has 0 unspecified atom stereocenters. The van der Waals surface area contributed by atoms with Crippen molar-refractivity contribution in [1.82, 2.24) is 9.78 Å². The average Bonchev–Trinajstić information content (AvgIpc) is 2.89. The summed E-state index contributed by atoms with van der Waals surface area (Å²) in [5.41, 5.74) is 0.867. The Bertz CT molecular complexity index is 897. The molecule has 0 atom stereocenters. The first kappa shape index (κ1) is 16.7. The topological polar surface area (TPSA) is 46.9 Å². The highest BCUT2D eigenvalue weighted by Crippen LogP contribution is 2.23. The third-order valence-electron chi connectivity index (χ3n) is 3.36. The Hall–Kier alpha value is -2.18. The van der Waals surface area contributed by atoms with Crippen molar-refractivity contribution in [3.63, 3.8) is 0 Å². The molecule has 7 heteroatoms. The number of amides is 1. The molecule has 1 amide bonds. The van der Waals surface area contributed by atoms with Crippen molar-refractivity contribution in [3.05, 3.63) is 81.2 Å². The van der Waals surface area contributed by atoms with Gasteiger partial charge in [-0.2, -0.15) is 5.10 Å². The number of benzene rings is 2. The predicted octanol–water partition coefficient (Wildman–Crippen LogP) is 4.74. The van der Waals surface area contributed by atoms with Gasteiger partial charge in [-0.15, -0.1) is 0 Å². The summed E-state index contributed by atoms with van der Waals surface area (Å²) in [5.74, 6) is -0.320. The quantitative estimate of drug-likeness (QED) is 0.678. The van der Waals surface area contributed by atoms with Crippen LogP contribution in [0.4, 0.5) is 10.2 Å². The van der Waals surface area contributed by atoms with Gasteiger partial charge in [0, 0.05) is 11.8 Å². The first-order valence-electron chi connectivity index (χ1n) is 7.07. The molecule has 2 aromatic carbocycles. The molecule has 4 nitrogen and oxygen atoms in total. The molecule has 0 spiro atoms. The molecule has 1 heterocycles. The van der Waals surface area contributed by atoms with Gasteiger partial charge in [-0.3, -0.25) is 9.48 Å². The summed E-state index contributed by atoms with van der Waals surface area (Å²) in [5, 5.41) is 7.32. The van der Waals surface area contributed by atoms with Gasteiger partial charge in [-0.25, -0.2) is 4.39 Å². The van der Waals surface area contributed by atoms with E-state index in [-0.39, 0.29) is 18.3 Å². The molecule has 0 saturated heterocycles. The number of aromatic nitrogens is 2. The molecule has 122 valence electrons. The minimum Gasteiger partial charge on any atom is -0.304 e. The van der Waals surface area contributed by atoms with Crippen LogP contribution in [0.15, 0.2) is 59.2 Å². The maximum atomic E-state index is 13.7. The number of nitrogens with one attached hydrogen (secondary N) is 1. The summed E-state index contributed by atoms with van der Waals surface area (Å²) in [6, 6.07) is 13.2. The second-order valence-electron chi connectivity index (χ2n) is 5.05. The van der Waals surface area contributed by atoms with Crippen LogP contribution >= 0.6 is 27.5 Å². The number of carbonyl (C=O) groups is 1. The first-order valence-corrected chi connectivity index (χ1v) is 8.24. The van der Waals surface area contributed by atoms with Crippen LogP contribution in [0, 0.1) is 5.82 Å². The van der Waals surface area contributed by atoms with Crippen molar-refractivity contribution in [2.45, 2.75) is 6.54 Å². The van der Waals surface area contributed by atoms with Crippen LogP contribution in [-0.4, -0.2) is 15.7 Å². The summed E-state index contributed by atoms with van der Waals surface area (Å²) >= 11 is 9.36. The summed E-state index contributed by atoms with van der Waals surface area (Å²) in [6.45, 7) is 0.257. The molecule has 3 rings (SSSR count). The summed E-state index contributed by atoms with van der Waals surface area (Å²) in [7, 11) is 0. The van der Waals surface area contributed by atoms with Gasteiger partial charge < -0.3 is 5.32 Å². The molecule has 0 bridgehead atoms. The van der Waals surface area contributed by atoms with Gasteiger partial charge in [0.25, 0.3) is 5.91 Å². The van der Waals surface area contributed by atoms with Gasteiger partial charge >= 0.3 is 0 Å². The monoisotopic (exact) mass is 407 g/mol. The van der Waals surface area contributed by atoms with E-state index in [0.717, 1.165) is 0 Å². The SMILES string of the molecule is O=C(Nc1nn(Cc2ccccc2F)cc1Br)c1ccccc1Cl. The number of anilines is 1. The average molecular weight is 409 g/mol. The van der Waals surface area contributed by atoms with Crippen LogP contribution in [0.1, 0.15) is 15.9 Å². The lowest BCUT2D eigenvalue weighted by atomic mass is 10.2. The molecule has 3 aromatic rings. The van der Waals surface area contributed by atoms with Crippen LogP contribution in [0.5, 0.6) is 0 Å². The Kier molecular flexibility index (Phi) is 4.97. The molecule has 0 aliphatic carbocycles. The summed E-state index contributed by atoms with van der Waals surface area (Å²) in [4.78, 5) is 12.3. The van der Waals surface area contributed by atoms with E-state index in [1.807, 2.05) is 0 Å². The van der Waals surface area contributed by atoms with E-state index in [9.17, 15) is 9.18 Å². The minimum absolute atomic E-state index is 0.257. The third kappa shape index (κ3) is 3.66. The molecule has 0 aliphatic rings. The normalized spacial score (nSPS) is 10.6. The first-order chi connectivity index (χ1) is 11.5. The summed E-state index contributed by atoms with van der Waals surface area (Å²) in [6.07, 6.45) is 1.68. The highest BCUT2D eigenvalue weighted by Gasteiger charge is 2.14. The van der Waals surface area contributed by atoms with E-state index in [2.05, 4.69) is 26.3 Å². The zero-order valence-electron chi connectivity index (χ0n) is 12.3. The van der Waals surface area contributed by atoms with Crippen LogP contribution in [0.3, 0.4) is 0 Å².